The lowest BCUT2D eigenvalue weighted by Crippen LogP contribution is -2.25. The fraction of sp³-hybridized carbons (Fsp3) is 0.721. The van der Waals surface area contributed by atoms with Crippen LogP contribution in [-0.2, 0) is 19.1 Å². The van der Waals surface area contributed by atoms with E-state index in [9.17, 15) is 19.8 Å². The summed E-state index contributed by atoms with van der Waals surface area (Å²) in [5.41, 5.74) is 0. The second-order valence-electron chi connectivity index (χ2n) is 13.7. The van der Waals surface area contributed by atoms with Gasteiger partial charge >= 0.3 is 11.9 Å². The lowest BCUT2D eigenvalue weighted by molar-refractivity contribution is -0.152. The molecule has 0 saturated heterocycles. The number of aliphatic hydroxyl groups is 2. The van der Waals surface area contributed by atoms with E-state index in [4.69, 9.17) is 9.47 Å². The molecule has 0 aliphatic rings. The van der Waals surface area contributed by atoms with Gasteiger partial charge in [0.2, 0.25) is 0 Å². The standard InChI is InChI=1S/C43H74O6/c1-4-5-6-7-8-9-10-13-17-20-23-26-29-33-40(44)34-31-36-43(47)49-38-41(45)37-48-42(46)35-30-27-24-21-18-15-12-11-14-16-19-22-25-28-32-39(2)3/h5-6,8-9,13,17,23,26,29,33,39-41,44-45H,4,7,10-12,14-16,18-22,24-25,27-28,30-32,34-38H2,1-3H3/b6-5-,9-8-,17-13-,26-23-,33-29+/t40?,41-/m0/s1. The smallest absolute Gasteiger partial charge is 0.305 e. The Morgan fingerprint density at radius 3 is 1.45 bits per heavy atom. The maximum atomic E-state index is 12.0. The van der Waals surface area contributed by atoms with Crippen LogP contribution in [0.4, 0.5) is 0 Å². The normalized spacial score (nSPS) is 13.6. The fourth-order valence-corrected chi connectivity index (χ4v) is 5.30. The van der Waals surface area contributed by atoms with Gasteiger partial charge in [-0.05, 0) is 50.9 Å². The number of hydrogen-bond acceptors (Lipinski definition) is 6. The largest absolute Gasteiger partial charge is 0.463 e. The Hall–Kier alpha value is -2.44. The van der Waals surface area contributed by atoms with Crippen LogP contribution in [-0.4, -0.2) is 47.6 Å². The van der Waals surface area contributed by atoms with E-state index >= 15 is 0 Å². The first-order valence-electron chi connectivity index (χ1n) is 19.8. The van der Waals surface area contributed by atoms with Gasteiger partial charge in [0.25, 0.3) is 0 Å². The quantitative estimate of drug-likeness (QED) is 0.0303. The Morgan fingerprint density at radius 1 is 0.531 bits per heavy atom. The predicted molar refractivity (Wildman–Crippen MR) is 206 cm³/mol. The molecule has 0 aliphatic carbocycles. The van der Waals surface area contributed by atoms with Crippen molar-refractivity contribution in [3.63, 3.8) is 0 Å². The third kappa shape index (κ3) is 38.2. The van der Waals surface area contributed by atoms with E-state index in [0.717, 1.165) is 50.9 Å². The van der Waals surface area contributed by atoms with Crippen LogP contribution >= 0.6 is 0 Å². The van der Waals surface area contributed by atoms with Crippen LogP contribution in [0, 0.1) is 5.92 Å². The van der Waals surface area contributed by atoms with Gasteiger partial charge < -0.3 is 19.7 Å². The molecule has 6 nitrogen and oxygen atoms in total. The molecule has 0 aromatic rings. The summed E-state index contributed by atoms with van der Waals surface area (Å²) in [6, 6.07) is 0. The molecule has 0 rings (SSSR count). The lowest BCUT2D eigenvalue weighted by atomic mass is 10.0. The highest BCUT2D eigenvalue weighted by Crippen LogP contribution is 2.15. The Morgan fingerprint density at radius 2 is 0.959 bits per heavy atom. The molecule has 0 fully saturated rings. The maximum Gasteiger partial charge on any atom is 0.305 e. The molecule has 0 heterocycles. The van der Waals surface area contributed by atoms with Crippen molar-refractivity contribution in [2.45, 2.75) is 181 Å². The van der Waals surface area contributed by atoms with E-state index in [2.05, 4.69) is 57.2 Å². The van der Waals surface area contributed by atoms with Crippen LogP contribution in [0.3, 0.4) is 0 Å². The zero-order valence-corrected chi connectivity index (χ0v) is 31.7. The summed E-state index contributed by atoms with van der Waals surface area (Å²) in [5, 5.41) is 20.1. The molecule has 0 spiro atoms. The molecule has 2 atom stereocenters. The number of esters is 2. The first kappa shape index (κ1) is 46.6. The minimum atomic E-state index is -1.04. The highest BCUT2D eigenvalue weighted by molar-refractivity contribution is 5.69. The SMILES string of the molecule is CC/C=C\C/C=C\C/C=C\C/C=C\C=C\C(O)CCCC(=O)OC[C@@H](O)COC(=O)CCCCCCCCCCCCCCCCC(C)C. The van der Waals surface area contributed by atoms with Gasteiger partial charge in [0, 0.05) is 12.8 Å². The summed E-state index contributed by atoms with van der Waals surface area (Å²) < 4.78 is 10.2. The van der Waals surface area contributed by atoms with Gasteiger partial charge in [-0.25, -0.2) is 0 Å². The Labute approximate surface area is 301 Å². The average molecular weight is 687 g/mol. The molecule has 0 aliphatic heterocycles. The lowest BCUT2D eigenvalue weighted by Gasteiger charge is -2.12. The van der Waals surface area contributed by atoms with Crippen LogP contribution in [0.5, 0.6) is 0 Å². The summed E-state index contributed by atoms with van der Waals surface area (Å²) in [4.78, 5) is 24.0. The Kier molecular flexibility index (Phi) is 35.0. The van der Waals surface area contributed by atoms with Crippen molar-refractivity contribution in [3.05, 3.63) is 60.8 Å². The van der Waals surface area contributed by atoms with Crippen molar-refractivity contribution >= 4 is 11.9 Å². The summed E-state index contributed by atoms with van der Waals surface area (Å²) in [6.45, 7) is 6.36. The van der Waals surface area contributed by atoms with Crippen molar-refractivity contribution < 1.29 is 29.3 Å². The second kappa shape index (κ2) is 36.8. The number of hydrogen-bond donors (Lipinski definition) is 2. The van der Waals surface area contributed by atoms with E-state index < -0.39 is 18.2 Å². The Balaban J connectivity index is 3.62. The molecule has 0 saturated carbocycles. The molecule has 0 aromatic heterocycles. The van der Waals surface area contributed by atoms with E-state index in [0.29, 0.717) is 19.3 Å². The van der Waals surface area contributed by atoms with E-state index in [1.807, 2.05) is 18.2 Å². The van der Waals surface area contributed by atoms with Crippen molar-refractivity contribution in [3.8, 4) is 0 Å². The summed E-state index contributed by atoms with van der Waals surface area (Å²) >= 11 is 0. The highest BCUT2D eigenvalue weighted by Gasteiger charge is 2.12. The van der Waals surface area contributed by atoms with E-state index in [1.165, 1.54) is 77.0 Å². The van der Waals surface area contributed by atoms with Crippen LogP contribution in [0.2, 0.25) is 0 Å². The molecule has 0 bridgehead atoms. The van der Waals surface area contributed by atoms with Crippen LogP contribution in [0.1, 0.15) is 168 Å². The number of unbranched alkanes of at least 4 members (excludes halogenated alkanes) is 13. The van der Waals surface area contributed by atoms with Gasteiger partial charge in [0.05, 0.1) is 6.10 Å². The van der Waals surface area contributed by atoms with Crippen LogP contribution in [0.25, 0.3) is 0 Å². The molecular weight excluding hydrogens is 612 g/mol. The molecule has 0 amide bonds. The molecule has 6 heteroatoms. The molecule has 1 unspecified atom stereocenters. The number of ether oxygens (including phenoxy) is 2. The molecule has 2 N–H and O–H groups in total. The third-order valence-electron chi connectivity index (χ3n) is 8.30. The second-order valence-corrected chi connectivity index (χ2v) is 13.7. The van der Waals surface area contributed by atoms with Crippen molar-refractivity contribution in [2.24, 2.45) is 5.92 Å². The average Bonchev–Trinajstić information content (AvgIpc) is 3.08. The summed E-state index contributed by atoms with van der Waals surface area (Å²) in [6.07, 6.45) is 43.1. The monoisotopic (exact) mass is 687 g/mol. The highest BCUT2D eigenvalue weighted by atomic mass is 16.6. The number of carbonyl (C=O) groups excluding carboxylic acids is 2. The fourth-order valence-electron chi connectivity index (χ4n) is 5.30. The van der Waals surface area contributed by atoms with Gasteiger partial charge in [-0.2, -0.15) is 0 Å². The first-order valence-corrected chi connectivity index (χ1v) is 19.8. The maximum absolute atomic E-state index is 12.0. The third-order valence-corrected chi connectivity index (χ3v) is 8.30. The summed E-state index contributed by atoms with van der Waals surface area (Å²) in [5.74, 6) is 0.0793. The first-order chi connectivity index (χ1) is 23.8. The van der Waals surface area contributed by atoms with Gasteiger partial charge in [-0.3, -0.25) is 9.59 Å². The number of allylic oxidation sites excluding steroid dienone is 9. The molecule has 49 heavy (non-hydrogen) atoms. The van der Waals surface area contributed by atoms with Gasteiger partial charge in [-0.1, -0.05) is 171 Å². The zero-order chi connectivity index (χ0) is 36.0. The molecular formula is C43H74O6. The number of aliphatic hydroxyl groups excluding tert-OH is 2. The Bertz CT molecular complexity index is 900. The minimum absolute atomic E-state index is 0.153. The van der Waals surface area contributed by atoms with Crippen molar-refractivity contribution in [2.75, 3.05) is 13.2 Å². The summed E-state index contributed by atoms with van der Waals surface area (Å²) in [7, 11) is 0. The van der Waals surface area contributed by atoms with Crippen molar-refractivity contribution in [1.82, 2.24) is 0 Å². The van der Waals surface area contributed by atoms with Crippen molar-refractivity contribution in [1.29, 1.82) is 0 Å². The zero-order valence-electron chi connectivity index (χ0n) is 31.7. The predicted octanol–water partition coefficient (Wildman–Crippen LogP) is 11.2. The van der Waals surface area contributed by atoms with Gasteiger partial charge in [0.1, 0.15) is 19.3 Å². The van der Waals surface area contributed by atoms with E-state index in [-0.39, 0.29) is 25.6 Å². The van der Waals surface area contributed by atoms with Gasteiger partial charge in [0.15, 0.2) is 0 Å². The van der Waals surface area contributed by atoms with Crippen LogP contribution in [0.15, 0.2) is 60.8 Å². The topological polar surface area (TPSA) is 93.1 Å². The van der Waals surface area contributed by atoms with Gasteiger partial charge in [-0.15, -0.1) is 0 Å². The minimum Gasteiger partial charge on any atom is -0.463 e. The molecule has 0 aromatic carbocycles. The molecule has 282 valence electrons. The number of carbonyl (C=O) groups is 2. The van der Waals surface area contributed by atoms with E-state index in [1.54, 1.807) is 6.08 Å². The molecule has 0 radical (unpaired) electrons. The van der Waals surface area contributed by atoms with Crippen LogP contribution < -0.4 is 0 Å². The number of rotatable bonds is 34.